The lowest BCUT2D eigenvalue weighted by Crippen LogP contribution is -2.16. The molecule has 0 N–H and O–H groups in total. The van der Waals surface area contributed by atoms with Crippen LogP contribution in [-0.2, 0) is 0 Å². The Kier molecular flexibility index (Phi) is 4.15. The van der Waals surface area contributed by atoms with E-state index in [-0.39, 0.29) is 5.78 Å². The van der Waals surface area contributed by atoms with E-state index < -0.39 is 0 Å². The van der Waals surface area contributed by atoms with Crippen LogP contribution < -0.4 is 9.47 Å². The van der Waals surface area contributed by atoms with E-state index in [4.69, 9.17) is 9.47 Å². The average Bonchev–Trinajstić information content (AvgIpc) is 2.53. The minimum absolute atomic E-state index is 0.0974. The summed E-state index contributed by atoms with van der Waals surface area (Å²) in [6.07, 6.45) is 0. The van der Waals surface area contributed by atoms with Crippen LogP contribution in [0.3, 0.4) is 0 Å². The second-order valence-corrected chi connectivity index (χ2v) is 5.85. The highest BCUT2D eigenvalue weighted by atomic mass is 32.2. The molecule has 108 valence electrons. The number of benzene rings is 2. The monoisotopic (exact) mass is 300 g/mol. The van der Waals surface area contributed by atoms with Crippen molar-refractivity contribution in [2.75, 3.05) is 19.0 Å². The Bertz CT molecular complexity index is 667. The standard InChI is InChI=1S/C17H16O3S/c1-12-4-2-3-5-17(12)21-11-14(18)13-6-7-15-16(10-13)20-9-8-19-15/h2-7,10H,8-9,11H2,1H3. The van der Waals surface area contributed by atoms with Crippen LogP contribution in [0.15, 0.2) is 47.4 Å². The number of ether oxygens (including phenoxy) is 2. The van der Waals surface area contributed by atoms with Crippen molar-refractivity contribution in [2.45, 2.75) is 11.8 Å². The summed E-state index contributed by atoms with van der Waals surface area (Å²) in [6, 6.07) is 13.5. The molecule has 0 saturated heterocycles. The third kappa shape index (κ3) is 3.22. The quantitative estimate of drug-likeness (QED) is 0.636. The third-order valence-corrected chi connectivity index (χ3v) is 4.49. The molecule has 1 aliphatic heterocycles. The molecule has 0 spiro atoms. The van der Waals surface area contributed by atoms with E-state index in [9.17, 15) is 4.79 Å². The highest BCUT2D eigenvalue weighted by Crippen LogP contribution is 2.31. The molecule has 3 rings (SSSR count). The minimum Gasteiger partial charge on any atom is -0.486 e. The molecule has 0 aromatic heterocycles. The van der Waals surface area contributed by atoms with Crippen molar-refractivity contribution in [1.82, 2.24) is 0 Å². The van der Waals surface area contributed by atoms with Crippen LogP contribution in [0, 0.1) is 6.92 Å². The molecule has 0 fully saturated rings. The molecule has 0 aliphatic carbocycles. The molecule has 21 heavy (non-hydrogen) atoms. The summed E-state index contributed by atoms with van der Waals surface area (Å²) >= 11 is 1.57. The van der Waals surface area contributed by atoms with Gasteiger partial charge in [-0.25, -0.2) is 0 Å². The normalized spacial score (nSPS) is 13.0. The van der Waals surface area contributed by atoms with E-state index in [1.807, 2.05) is 18.2 Å². The summed E-state index contributed by atoms with van der Waals surface area (Å²) in [5.74, 6) is 1.89. The Labute approximate surface area is 128 Å². The van der Waals surface area contributed by atoms with Gasteiger partial charge in [-0.05, 0) is 36.8 Å². The zero-order valence-corrected chi connectivity index (χ0v) is 12.6. The van der Waals surface area contributed by atoms with Crippen LogP contribution in [0.25, 0.3) is 0 Å². The first-order chi connectivity index (χ1) is 10.2. The van der Waals surface area contributed by atoms with Gasteiger partial charge in [0.1, 0.15) is 13.2 Å². The first-order valence-electron chi connectivity index (χ1n) is 6.85. The van der Waals surface area contributed by atoms with Gasteiger partial charge in [0.15, 0.2) is 17.3 Å². The van der Waals surface area contributed by atoms with Gasteiger partial charge in [-0.2, -0.15) is 0 Å². The Morgan fingerprint density at radius 2 is 1.86 bits per heavy atom. The van der Waals surface area contributed by atoms with Crippen LogP contribution in [-0.4, -0.2) is 24.7 Å². The van der Waals surface area contributed by atoms with Crippen molar-refractivity contribution in [3.8, 4) is 11.5 Å². The Morgan fingerprint density at radius 1 is 1.10 bits per heavy atom. The number of thioether (sulfide) groups is 1. The van der Waals surface area contributed by atoms with Crippen molar-refractivity contribution in [3.63, 3.8) is 0 Å². The molecule has 0 atom stereocenters. The van der Waals surface area contributed by atoms with E-state index in [1.165, 1.54) is 5.56 Å². The van der Waals surface area contributed by atoms with Crippen molar-refractivity contribution < 1.29 is 14.3 Å². The smallest absolute Gasteiger partial charge is 0.173 e. The lowest BCUT2D eigenvalue weighted by atomic mass is 10.1. The molecule has 0 radical (unpaired) electrons. The zero-order chi connectivity index (χ0) is 14.7. The van der Waals surface area contributed by atoms with Crippen molar-refractivity contribution in [2.24, 2.45) is 0 Å². The molecule has 2 aromatic rings. The van der Waals surface area contributed by atoms with Crippen LogP contribution in [0.5, 0.6) is 11.5 Å². The summed E-state index contributed by atoms with van der Waals surface area (Å²) in [5, 5.41) is 0. The van der Waals surface area contributed by atoms with Gasteiger partial charge in [-0.3, -0.25) is 4.79 Å². The lowest BCUT2D eigenvalue weighted by molar-refractivity contribution is 0.102. The molecule has 0 saturated carbocycles. The zero-order valence-electron chi connectivity index (χ0n) is 11.8. The highest BCUT2D eigenvalue weighted by Gasteiger charge is 2.15. The predicted octanol–water partition coefficient (Wildman–Crippen LogP) is 3.74. The fourth-order valence-corrected chi connectivity index (χ4v) is 3.09. The van der Waals surface area contributed by atoms with Gasteiger partial charge in [0.2, 0.25) is 0 Å². The van der Waals surface area contributed by atoms with Gasteiger partial charge in [-0.1, -0.05) is 18.2 Å². The van der Waals surface area contributed by atoms with Crippen LogP contribution in [0.1, 0.15) is 15.9 Å². The number of hydrogen-bond donors (Lipinski definition) is 0. The second kappa shape index (κ2) is 6.22. The summed E-state index contributed by atoms with van der Waals surface area (Å²) in [7, 11) is 0. The first-order valence-corrected chi connectivity index (χ1v) is 7.84. The summed E-state index contributed by atoms with van der Waals surface area (Å²) in [4.78, 5) is 13.4. The molecule has 1 aliphatic rings. The SMILES string of the molecule is Cc1ccccc1SCC(=O)c1ccc2c(c1)OCCO2. The lowest BCUT2D eigenvalue weighted by Gasteiger charge is -2.18. The minimum atomic E-state index is 0.0974. The molecule has 2 aromatic carbocycles. The first kappa shape index (κ1) is 14.0. The molecule has 1 heterocycles. The number of carbonyl (C=O) groups is 1. The van der Waals surface area contributed by atoms with E-state index >= 15 is 0 Å². The molecule has 0 amide bonds. The van der Waals surface area contributed by atoms with E-state index in [0.29, 0.717) is 36.0 Å². The maximum absolute atomic E-state index is 12.3. The van der Waals surface area contributed by atoms with E-state index in [1.54, 1.807) is 30.0 Å². The van der Waals surface area contributed by atoms with Gasteiger partial charge < -0.3 is 9.47 Å². The number of carbonyl (C=O) groups excluding carboxylic acids is 1. The molecular formula is C17H16O3S. The van der Waals surface area contributed by atoms with E-state index in [2.05, 4.69) is 13.0 Å². The largest absolute Gasteiger partial charge is 0.486 e. The Balaban J connectivity index is 1.69. The van der Waals surface area contributed by atoms with Gasteiger partial charge in [0, 0.05) is 10.5 Å². The van der Waals surface area contributed by atoms with Crippen LogP contribution in [0.4, 0.5) is 0 Å². The summed E-state index contributed by atoms with van der Waals surface area (Å²) in [6.45, 7) is 3.14. The van der Waals surface area contributed by atoms with Crippen LogP contribution >= 0.6 is 11.8 Å². The predicted molar refractivity (Wildman–Crippen MR) is 83.7 cm³/mol. The summed E-state index contributed by atoms with van der Waals surface area (Å²) < 4.78 is 11.0. The average molecular weight is 300 g/mol. The number of ketones is 1. The highest BCUT2D eigenvalue weighted by molar-refractivity contribution is 8.00. The second-order valence-electron chi connectivity index (χ2n) is 4.84. The van der Waals surface area contributed by atoms with Gasteiger partial charge in [-0.15, -0.1) is 11.8 Å². The summed E-state index contributed by atoms with van der Waals surface area (Å²) in [5.41, 5.74) is 1.86. The number of fused-ring (bicyclic) bond motifs is 1. The number of rotatable bonds is 4. The number of hydrogen-bond acceptors (Lipinski definition) is 4. The molecular weight excluding hydrogens is 284 g/mol. The van der Waals surface area contributed by atoms with Crippen LogP contribution in [0.2, 0.25) is 0 Å². The fraction of sp³-hybridized carbons (Fsp3) is 0.235. The van der Waals surface area contributed by atoms with Gasteiger partial charge in [0.05, 0.1) is 5.75 Å². The fourth-order valence-electron chi connectivity index (χ4n) is 2.16. The third-order valence-electron chi connectivity index (χ3n) is 3.32. The van der Waals surface area contributed by atoms with Gasteiger partial charge in [0.25, 0.3) is 0 Å². The Hall–Kier alpha value is -1.94. The van der Waals surface area contributed by atoms with Crippen molar-refractivity contribution in [1.29, 1.82) is 0 Å². The maximum atomic E-state index is 12.3. The molecule has 0 unspecified atom stereocenters. The molecule has 0 bridgehead atoms. The van der Waals surface area contributed by atoms with Crippen molar-refractivity contribution >= 4 is 17.5 Å². The molecule has 4 heteroatoms. The van der Waals surface area contributed by atoms with Crippen molar-refractivity contribution in [3.05, 3.63) is 53.6 Å². The topological polar surface area (TPSA) is 35.5 Å². The number of Topliss-reactive ketones (excluding diaryl/α,β-unsaturated/α-hetero) is 1. The van der Waals surface area contributed by atoms with E-state index in [0.717, 1.165) is 4.90 Å². The van der Waals surface area contributed by atoms with Gasteiger partial charge >= 0.3 is 0 Å². The maximum Gasteiger partial charge on any atom is 0.173 e. The molecule has 3 nitrogen and oxygen atoms in total. The Morgan fingerprint density at radius 3 is 2.67 bits per heavy atom. The number of aryl methyl sites for hydroxylation is 1.